The van der Waals surface area contributed by atoms with Crippen molar-refractivity contribution in [3.63, 3.8) is 0 Å². The van der Waals surface area contributed by atoms with Gasteiger partial charge in [0.2, 0.25) is 0 Å². The molecule has 2 N–H and O–H groups in total. The molecule has 0 saturated heterocycles. The third-order valence-corrected chi connectivity index (χ3v) is 2.60. The maximum absolute atomic E-state index is 11.3. The second-order valence-corrected chi connectivity index (χ2v) is 4.05. The molecule has 0 aromatic carbocycles. The molecule has 2 rings (SSSR count). The highest BCUT2D eigenvalue weighted by atomic mass is 32.1. The van der Waals surface area contributed by atoms with Crippen LogP contribution in [0.25, 0.3) is 0 Å². The number of amides is 2. The molecule has 5 nitrogen and oxygen atoms in total. The van der Waals surface area contributed by atoms with Gasteiger partial charge in [-0.25, -0.2) is 4.79 Å². The molecule has 14 heavy (non-hydrogen) atoms. The van der Waals surface area contributed by atoms with Crippen LogP contribution in [0.3, 0.4) is 0 Å². The Morgan fingerprint density at radius 1 is 1.71 bits per heavy atom. The monoisotopic (exact) mass is 212 g/mol. The Balaban J connectivity index is 1.81. The summed E-state index contributed by atoms with van der Waals surface area (Å²) in [5, 5.41) is 11.4. The normalized spacial score (nSPS) is 17.5. The first-order chi connectivity index (χ1) is 6.75. The number of nitrogens with one attached hydrogen (secondary N) is 2. The second kappa shape index (κ2) is 3.91. The van der Waals surface area contributed by atoms with Crippen molar-refractivity contribution in [1.82, 2.24) is 20.2 Å². The van der Waals surface area contributed by atoms with Crippen molar-refractivity contribution in [2.75, 3.05) is 0 Å². The SMILES string of the molecule is CC(NC(=O)NC1CC1)c1csnn1. The van der Waals surface area contributed by atoms with Gasteiger partial charge in [0.25, 0.3) is 0 Å². The third-order valence-electron chi connectivity index (χ3n) is 2.08. The zero-order valence-corrected chi connectivity index (χ0v) is 8.67. The summed E-state index contributed by atoms with van der Waals surface area (Å²) in [7, 11) is 0. The molecule has 0 aliphatic heterocycles. The molecular weight excluding hydrogens is 200 g/mol. The van der Waals surface area contributed by atoms with Crippen molar-refractivity contribution in [3.05, 3.63) is 11.1 Å². The van der Waals surface area contributed by atoms with Gasteiger partial charge in [-0.05, 0) is 31.3 Å². The van der Waals surface area contributed by atoms with Crippen LogP contribution in [0.4, 0.5) is 4.79 Å². The summed E-state index contributed by atoms with van der Waals surface area (Å²) in [4.78, 5) is 11.3. The first kappa shape index (κ1) is 9.39. The highest BCUT2D eigenvalue weighted by molar-refractivity contribution is 7.03. The van der Waals surface area contributed by atoms with Gasteiger partial charge in [-0.1, -0.05) is 4.49 Å². The quantitative estimate of drug-likeness (QED) is 0.787. The predicted molar refractivity (Wildman–Crippen MR) is 53.0 cm³/mol. The number of hydrogen-bond acceptors (Lipinski definition) is 4. The Bertz CT molecular complexity index is 309. The summed E-state index contributed by atoms with van der Waals surface area (Å²) in [5.41, 5.74) is 0.806. The number of nitrogens with zero attached hydrogens (tertiary/aromatic N) is 2. The number of hydrogen-bond donors (Lipinski definition) is 2. The average molecular weight is 212 g/mol. The minimum atomic E-state index is -0.118. The first-order valence-corrected chi connectivity index (χ1v) is 5.43. The Kier molecular flexibility index (Phi) is 2.62. The van der Waals surface area contributed by atoms with Gasteiger partial charge in [0.1, 0.15) is 0 Å². The summed E-state index contributed by atoms with van der Waals surface area (Å²) in [5.74, 6) is 0. The summed E-state index contributed by atoms with van der Waals surface area (Å²) in [6.45, 7) is 1.89. The minimum Gasteiger partial charge on any atom is -0.335 e. The molecule has 1 fully saturated rings. The van der Waals surface area contributed by atoms with E-state index in [9.17, 15) is 4.79 Å². The zero-order chi connectivity index (χ0) is 9.97. The topological polar surface area (TPSA) is 66.9 Å². The summed E-state index contributed by atoms with van der Waals surface area (Å²) in [6, 6.07) is 0.191. The minimum absolute atomic E-state index is 0.0764. The van der Waals surface area contributed by atoms with Crippen LogP contribution in [-0.2, 0) is 0 Å². The van der Waals surface area contributed by atoms with E-state index in [1.54, 1.807) is 0 Å². The molecule has 1 aromatic rings. The fraction of sp³-hybridized carbons (Fsp3) is 0.625. The lowest BCUT2D eigenvalue weighted by Crippen LogP contribution is -2.38. The van der Waals surface area contributed by atoms with Crippen molar-refractivity contribution >= 4 is 17.6 Å². The van der Waals surface area contributed by atoms with E-state index in [2.05, 4.69) is 20.2 Å². The van der Waals surface area contributed by atoms with E-state index in [1.807, 2.05) is 12.3 Å². The maximum atomic E-state index is 11.3. The van der Waals surface area contributed by atoms with Crippen LogP contribution in [0, 0.1) is 0 Å². The van der Waals surface area contributed by atoms with Crippen LogP contribution in [-0.4, -0.2) is 21.7 Å². The van der Waals surface area contributed by atoms with Crippen LogP contribution in [0.1, 0.15) is 31.5 Å². The van der Waals surface area contributed by atoms with Crippen LogP contribution < -0.4 is 10.6 Å². The van der Waals surface area contributed by atoms with Gasteiger partial charge < -0.3 is 10.6 Å². The van der Waals surface area contributed by atoms with Crippen molar-refractivity contribution in [1.29, 1.82) is 0 Å². The highest BCUT2D eigenvalue weighted by Gasteiger charge is 2.24. The molecule has 76 valence electrons. The molecule has 1 saturated carbocycles. The molecule has 0 radical (unpaired) electrons. The number of rotatable bonds is 3. The molecule has 1 aromatic heterocycles. The van der Waals surface area contributed by atoms with Crippen LogP contribution in [0.15, 0.2) is 5.38 Å². The molecule has 1 aliphatic rings. The van der Waals surface area contributed by atoms with Crippen LogP contribution >= 0.6 is 11.5 Å². The van der Waals surface area contributed by atoms with E-state index >= 15 is 0 Å². The molecule has 1 aliphatic carbocycles. The Morgan fingerprint density at radius 3 is 3.07 bits per heavy atom. The number of carbonyl (C=O) groups excluding carboxylic acids is 1. The molecule has 2 amide bonds. The van der Waals surface area contributed by atoms with Crippen molar-refractivity contribution < 1.29 is 4.79 Å². The van der Waals surface area contributed by atoms with Crippen molar-refractivity contribution in [3.8, 4) is 0 Å². The lowest BCUT2D eigenvalue weighted by Gasteiger charge is -2.11. The van der Waals surface area contributed by atoms with Gasteiger partial charge in [-0.2, -0.15) is 0 Å². The van der Waals surface area contributed by atoms with E-state index in [-0.39, 0.29) is 12.1 Å². The largest absolute Gasteiger partial charge is 0.335 e. The Hall–Kier alpha value is -1.17. The zero-order valence-electron chi connectivity index (χ0n) is 7.86. The van der Waals surface area contributed by atoms with Gasteiger partial charge in [0.05, 0.1) is 11.7 Å². The fourth-order valence-electron chi connectivity index (χ4n) is 1.09. The summed E-state index contributed by atoms with van der Waals surface area (Å²) >= 11 is 1.29. The van der Waals surface area contributed by atoms with Gasteiger partial charge in [-0.3, -0.25) is 0 Å². The Morgan fingerprint density at radius 2 is 2.50 bits per heavy atom. The number of urea groups is 1. The third kappa shape index (κ3) is 2.41. The lowest BCUT2D eigenvalue weighted by molar-refractivity contribution is 0.237. The van der Waals surface area contributed by atoms with E-state index in [0.29, 0.717) is 6.04 Å². The first-order valence-electron chi connectivity index (χ1n) is 4.59. The van der Waals surface area contributed by atoms with Gasteiger partial charge >= 0.3 is 6.03 Å². The smallest absolute Gasteiger partial charge is 0.315 e. The maximum Gasteiger partial charge on any atom is 0.315 e. The molecule has 6 heteroatoms. The molecule has 1 heterocycles. The highest BCUT2D eigenvalue weighted by Crippen LogP contribution is 2.18. The second-order valence-electron chi connectivity index (χ2n) is 3.44. The molecule has 0 spiro atoms. The summed E-state index contributed by atoms with van der Waals surface area (Å²) < 4.78 is 3.74. The van der Waals surface area contributed by atoms with Crippen molar-refractivity contribution in [2.45, 2.75) is 31.8 Å². The van der Waals surface area contributed by atoms with Crippen LogP contribution in [0.5, 0.6) is 0 Å². The van der Waals surface area contributed by atoms with Gasteiger partial charge in [0, 0.05) is 11.4 Å². The predicted octanol–water partition coefficient (Wildman–Crippen LogP) is 1.06. The molecule has 1 atom stereocenters. The van der Waals surface area contributed by atoms with E-state index < -0.39 is 0 Å². The standard InChI is InChI=1S/C8H12N4OS/c1-5(7-4-14-12-11-7)9-8(13)10-6-2-3-6/h4-6H,2-3H2,1H3,(H2,9,10,13). The average Bonchev–Trinajstić information content (AvgIpc) is 2.80. The van der Waals surface area contributed by atoms with Crippen LogP contribution in [0.2, 0.25) is 0 Å². The summed E-state index contributed by atoms with van der Waals surface area (Å²) in [6.07, 6.45) is 2.19. The van der Waals surface area contributed by atoms with Gasteiger partial charge in [-0.15, -0.1) is 5.10 Å². The fourth-order valence-corrected chi connectivity index (χ4v) is 1.63. The van der Waals surface area contributed by atoms with Crippen molar-refractivity contribution in [2.24, 2.45) is 0 Å². The lowest BCUT2D eigenvalue weighted by atomic mass is 10.3. The van der Waals surface area contributed by atoms with E-state index in [1.165, 1.54) is 11.5 Å². The number of carbonyl (C=O) groups is 1. The van der Waals surface area contributed by atoms with Gasteiger partial charge in [0.15, 0.2) is 0 Å². The molecule has 0 bridgehead atoms. The Labute approximate surface area is 86.1 Å². The van der Waals surface area contributed by atoms with E-state index in [0.717, 1.165) is 18.5 Å². The van der Waals surface area contributed by atoms with E-state index in [4.69, 9.17) is 0 Å². The molecular formula is C8H12N4OS. The number of aromatic nitrogens is 2. The molecule has 1 unspecified atom stereocenters.